The number of benzene rings is 4. The highest BCUT2D eigenvalue weighted by atomic mass is 32.2. The highest BCUT2D eigenvalue weighted by Crippen LogP contribution is 2.45. The van der Waals surface area contributed by atoms with Crippen molar-refractivity contribution in [1.29, 1.82) is 0 Å². The van der Waals surface area contributed by atoms with Crippen molar-refractivity contribution in [3.05, 3.63) is 148 Å². The van der Waals surface area contributed by atoms with Crippen molar-refractivity contribution >= 4 is 46.0 Å². The van der Waals surface area contributed by atoms with Gasteiger partial charge in [-0.1, -0.05) is 126 Å². The molecule has 0 fully saturated rings. The summed E-state index contributed by atoms with van der Waals surface area (Å²) >= 11 is 2.73. The number of hydrogen-bond donors (Lipinski definition) is 1. The first-order chi connectivity index (χ1) is 23.4. The number of allylic oxidation sites excluding steroid dienone is 1. The van der Waals surface area contributed by atoms with Gasteiger partial charge in [0.1, 0.15) is 6.61 Å². The van der Waals surface area contributed by atoms with Crippen molar-refractivity contribution in [2.75, 3.05) is 11.5 Å². The van der Waals surface area contributed by atoms with Gasteiger partial charge in [0.25, 0.3) is 5.91 Å². The van der Waals surface area contributed by atoms with Gasteiger partial charge < -0.3 is 14.6 Å². The van der Waals surface area contributed by atoms with Crippen LogP contribution in [0.2, 0.25) is 0 Å². The summed E-state index contributed by atoms with van der Waals surface area (Å²) in [4.78, 5) is 28.9. The number of aliphatic hydroxyl groups is 1. The van der Waals surface area contributed by atoms with Crippen LogP contribution in [0.4, 0.5) is 5.13 Å². The maximum absolute atomic E-state index is 13.8. The summed E-state index contributed by atoms with van der Waals surface area (Å²) in [6.07, 6.45) is 3.03. The summed E-state index contributed by atoms with van der Waals surface area (Å²) in [6, 6.07) is 31.7. The molecule has 1 N–H and O–H groups in total. The van der Waals surface area contributed by atoms with E-state index in [1.807, 2.05) is 74.5 Å². The third-order valence-electron chi connectivity index (χ3n) is 7.61. The predicted octanol–water partition coefficient (Wildman–Crippen LogP) is 8.30. The third kappa shape index (κ3) is 7.51. The highest BCUT2D eigenvalue weighted by molar-refractivity contribution is 8.00. The molecule has 0 radical (unpaired) electrons. The molecule has 1 aliphatic rings. The summed E-state index contributed by atoms with van der Waals surface area (Å²) in [5, 5.41) is 20.2. The number of aromatic nitrogens is 2. The van der Waals surface area contributed by atoms with Gasteiger partial charge in [0, 0.05) is 5.75 Å². The zero-order chi connectivity index (χ0) is 33.5. The first-order valence-electron chi connectivity index (χ1n) is 15.4. The van der Waals surface area contributed by atoms with E-state index in [0.717, 1.165) is 16.7 Å². The van der Waals surface area contributed by atoms with Crippen molar-refractivity contribution < 1.29 is 24.2 Å². The number of amides is 1. The van der Waals surface area contributed by atoms with Gasteiger partial charge in [-0.25, -0.2) is 0 Å². The Balaban J connectivity index is 1.34. The molecule has 10 heteroatoms. The number of aryl methyl sites for hydroxylation is 1. The Morgan fingerprint density at radius 1 is 0.917 bits per heavy atom. The number of carbonyl (C=O) groups is 2. The smallest absolute Gasteiger partial charge is 0.296 e. The summed E-state index contributed by atoms with van der Waals surface area (Å²) in [5.74, 6) is -0.234. The second-order valence-corrected chi connectivity index (χ2v) is 13.2. The average molecular weight is 676 g/mol. The monoisotopic (exact) mass is 675 g/mol. The van der Waals surface area contributed by atoms with E-state index in [1.54, 1.807) is 24.3 Å². The van der Waals surface area contributed by atoms with Crippen LogP contribution in [0, 0.1) is 6.92 Å². The Labute approximate surface area is 287 Å². The van der Waals surface area contributed by atoms with E-state index < -0.39 is 23.5 Å². The Hall–Kier alpha value is -5.19. The first kappa shape index (κ1) is 32.7. The van der Waals surface area contributed by atoms with Crippen LogP contribution in [0.3, 0.4) is 0 Å². The molecule has 1 aromatic heterocycles. The number of nitrogens with zero attached hydrogens (tertiary/aromatic N) is 3. The van der Waals surface area contributed by atoms with E-state index >= 15 is 0 Å². The quantitative estimate of drug-likeness (QED) is 0.0756. The number of carbonyl (C=O) groups excluding carboxylic acids is 2. The number of thioether (sulfide) groups is 1. The number of ketones is 1. The largest absolute Gasteiger partial charge is 0.503 e. The molecule has 1 aliphatic heterocycles. The fourth-order valence-electron chi connectivity index (χ4n) is 5.20. The third-order valence-corrected chi connectivity index (χ3v) is 9.73. The molecule has 1 amide bonds. The van der Waals surface area contributed by atoms with Gasteiger partial charge in [-0.3, -0.25) is 14.5 Å². The molecule has 0 spiro atoms. The van der Waals surface area contributed by atoms with Gasteiger partial charge in [-0.2, -0.15) is 0 Å². The zero-order valence-electron chi connectivity index (χ0n) is 26.4. The summed E-state index contributed by atoms with van der Waals surface area (Å²) in [6.45, 7) is 4.60. The molecule has 6 rings (SSSR count). The molecular formula is C38H33N3O5S2. The molecule has 1 atom stereocenters. The lowest BCUT2D eigenvalue weighted by atomic mass is 9.95. The van der Waals surface area contributed by atoms with Gasteiger partial charge >= 0.3 is 0 Å². The topological polar surface area (TPSA) is 102 Å². The van der Waals surface area contributed by atoms with E-state index in [1.165, 1.54) is 39.6 Å². The van der Waals surface area contributed by atoms with Crippen LogP contribution in [0.1, 0.15) is 40.8 Å². The van der Waals surface area contributed by atoms with E-state index in [-0.39, 0.29) is 10.7 Å². The van der Waals surface area contributed by atoms with Gasteiger partial charge in [0.2, 0.25) is 5.13 Å². The fraction of sp³-hybridized carbons (Fsp3) is 0.158. The maximum Gasteiger partial charge on any atom is 0.296 e. The first-order valence-corrected chi connectivity index (χ1v) is 17.2. The minimum atomic E-state index is -0.990. The average Bonchev–Trinajstić information content (AvgIpc) is 3.69. The molecular weight excluding hydrogens is 643 g/mol. The Morgan fingerprint density at radius 2 is 1.65 bits per heavy atom. The molecule has 8 nitrogen and oxygen atoms in total. The number of ether oxygens (including phenoxy) is 2. The lowest BCUT2D eigenvalue weighted by molar-refractivity contribution is -0.117. The van der Waals surface area contributed by atoms with Gasteiger partial charge in [-0.15, -0.1) is 10.2 Å². The maximum atomic E-state index is 13.8. The second kappa shape index (κ2) is 15.1. The highest BCUT2D eigenvalue weighted by Gasteiger charge is 2.45. The van der Waals surface area contributed by atoms with Gasteiger partial charge in [0.15, 0.2) is 27.4 Å². The van der Waals surface area contributed by atoms with Gasteiger partial charge in [0.05, 0.1) is 18.2 Å². The lowest BCUT2D eigenvalue weighted by Crippen LogP contribution is -2.31. The van der Waals surface area contributed by atoms with Crippen LogP contribution in [0.25, 0.3) is 6.08 Å². The Kier molecular flexibility index (Phi) is 10.3. The molecule has 0 saturated carbocycles. The van der Waals surface area contributed by atoms with Crippen molar-refractivity contribution in [3.8, 4) is 11.5 Å². The van der Waals surface area contributed by atoms with Gasteiger partial charge in [-0.05, 0) is 54.3 Å². The van der Waals surface area contributed by atoms with Crippen LogP contribution in [0.15, 0.2) is 125 Å². The van der Waals surface area contributed by atoms with Crippen molar-refractivity contribution in [3.63, 3.8) is 0 Å². The normalized spacial score (nSPS) is 14.6. The minimum absolute atomic E-state index is 0.0587. The molecule has 48 heavy (non-hydrogen) atoms. The number of anilines is 1. The molecule has 2 heterocycles. The molecule has 4 aromatic carbocycles. The van der Waals surface area contributed by atoms with Crippen LogP contribution in [-0.2, 0) is 21.9 Å². The standard InChI is InChI=1S/C38H33N3O5S2/c1-3-45-32-22-29(19-21-31(32)46-23-27-12-8-5-9-13-27)34-33(30(42)20-18-26-10-6-4-7-11-26)35(43)36(44)41(34)37-39-40-38(48-37)47-24-28-16-14-25(2)15-17-28/h4-22,34,43H,3,23-24H2,1-2H3. The summed E-state index contributed by atoms with van der Waals surface area (Å²) in [7, 11) is 0. The zero-order valence-corrected chi connectivity index (χ0v) is 28.0. The molecule has 1 unspecified atom stereocenters. The van der Waals surface area contributed by atoms with E-state index in [9.17, 15) is 14.7 Å². The van der Waals surface area contributed by atoms with Crippen LogP contribution in [-0.4, -0.2) is 33.6 Å². The van der Waals surface area contributed by atoms with Crippen molar-refractivity contribution in [1.82, 2.24) is 10.2 Å². The Morgan fingerprint density at radius 3 is 2.38 bits per heavy atom. The SMILES string of the molecule is CCOc1cc(C2C(C(=O)C=Cc3ccccc3)=C(O)C(=O)N2c2nnc(SCc3ccc(C)cc3)s2)ccc1OCc1ccccc1. The molecule has 5 aromatic rings. The molecule has 0 saturated heterocycles. The van der Waals surface area contributed by atoms with Crippen LogP contribution in [0.5, 0.6) is 11.5 Å². The second-order valence-electron chi connectivity index (χ2n) is 11.0. The van der Waals surface area contributed by atoms with E-state index in [4.69, 9.17) is 9.47 Å². The number of hydrogen-bond acceptors (Lipinski definition) is 9. The van der Waals surface area contributed by atoms with E-state index in [2.05, 4.69) is 34.5 Å². The summed E-state index contributed by atoms with van der Waals surface area (Å²) < 4.78 is 12.7. The van der Waals surface area contributed by atoms with Crippen molar-refractivity contribution in [2.24, 2.45) is 0 Å². The molecule has 242 valence electrons. The molecule has 0 bridgehead atoms. The lowest BCUT2D eigenvalue weighted by Gasteiger charge is -2.24. The van der Waals surface area contributed by atoms with Crippen LogP contribution >= 0.6 is 23.1 Å². The molecule has 0 aliphatic carbocycles. The summed E-state index contributed by atoms with van der Waals surface area (Å²) in [5.41, 5.74) is 4.60. The number of rotatable bonds is 13. The van der Waals surface area contributed by atoms with Crippen LogP contribution < -0.4 is 14.4 Å². The fourth-order valence-corrected chi connectivity index (χ4v) is 7.02. The Bertz CT molecular complexity index is 1960. The minimum Gasteiger partial charge on any atom is -0.503 e. The predicted molar refractivity (Wildman–Crippen MR) is 189 cm³/mol. The number of aliphatic hydroxyl groups excluding tert-OH is 1. The van der Waals surface area contributed by atoms with E-state index in [0.29, 0.717) is 40.4 Å². The van der Waals surface area contributed by atoms with Crippen molar-refractivity contribution in [2.45, 2.75) is 36.6 Å².